The minimum atomic E-state index is 0.126. The Morgan fingerprint density at radius 2 is 2.00 bits per heavy atom. The van der Waals surface area contributed by atoms with Gasteiger partial charge >= 0.3 is 6.03 Å². The fraction of sp³-hybridized carbons (Fsp3) is 0.909. The minimum Gasteiger partial charge on any atom is -0.338 e. The Balaban J connectivity index is 2.23. The summed E-state index contributed by atoms with van der Waals surface area (Å²) in [5, 5.41) is 2.92. The first kappa shape index (κ1) is 11.3. The van der Waals surface area contributed by atoms with Crippen LogP contribution in [0.4, 0.5) is 4.79 Å². The van der Waals surface area contributed by atoms with E-state index in [1.165, 1.54) is 19.3 Å². The van der Waals surface area contributed by atoms with Crippen molar-refractivity contribution in [2.75, 3.05) is 19.6 Å². The van der Waals surface area contributed by atoms with Gasteiger partial charge in [0.25, 0.3) is 0 Å². The number of piperidine rings is 1. The Morgan fingerprint density at radius 3 is 2.50 bits per heavy atom. The molecule has 0 saturated carbocycles. The van der Waals surface area contributed by atoms with Gasteiger partial charge in [-0.1, -0.05) is 20.3 Å². The maximum atomic E-state index is 11.6. The van der Waals surface area contributed by atoms with Crippen LogP contribution in [0.1, 0.15) is 39.5 Å². The first-order valence-electron chi connectivity index (χ1n) is 5.80. The summed E-state index contributed by atoms with van der Waals surface area (Å²) in [6.45, 7) is 6.98. The highest BCUT2D eigenvalue weighted by atomic mass is 16.2. The molecule has 1 N–H and O–H groups in total. The van der Waals surface area contributed by atoms with Crippen molar-refractivity contribution in [3.05, 3.63) is 0 Å². The smallest absolute Gasteiger partial charge is 0.317 e. The molecule has 2 amide bonds. The Labute approximate surface area is 86.9 Å². The number of nitrogens with one attached hydrogen (secondary N) is 1. The van der Waals surface area contributed by atoms with E-state index in [1.807, 2.05) is 4.90 Å². The van der Waals surface area contributed by atoms with E-state index in [-0.39, 0.29) is 6.03 Å². The molecule has 1 heterocycles. The Bertz CT molecular complexity index is 174. The van der Waals surface area contributed by atoms with Gasteiger partial charge in [-0.3, -0.25) is 0 Å². The first-order chi connectivity index (χ1) is 6.77. The van der Waals surface area contributed by atoms with Gasteiger partial charge in [-0.15, -0.1) is 0 Å². The molecule has 1 aliphatic heterocycles. The van der Waals surface area contributed by atoms with Gasteiger partial charge in [-0.2, -0.15) is 0 Å². The van der Waals surface area contributed by atoms with E-state index in [2.05, 4.69) is 19.2 Å². The van der Waals surface area contributed by atoms with Gasteiger partial charge in [-0.05, 0) is 25.2 Å². The maximum absolute atomic E-state index is 11.6. The molecule has 3 heteroatoms. The van der Waals surface area contributed by atoms with Crippen LogP contribution >= 0.6 is 0 Å². The molecule has 1 fully saturated rings. The number of amides is 2. The monoisotopic (exact) mass is 198 g/mol. The van der Waals surface area contributed by atoms with Gasteiger partial charge in [0.05, 0.1) is 0 Å². The number of urea groups is 1. The highest BCUT2D eigenvalue weighted by molar-refractivity contribution is 5.74. The molecule has 0 aliphatic carbocycles. The predicted molar refractivity (Wildman–Crippen MR) is 58.3 cm³/mol. The van der Waals surface area contributed by atoms with Crippen molar-refractivity contribution in [3.8, 4) is 0 Å². The standard InChI is InChI=1S/C11H22N2O/c1-3-7-12-11(14)13-8-5-10(4-2)6-9-13/h10H,3-9H2,1-2H3,(H,12,14). The van der Waals surface area contributed by atoms with Crippen molar-refractivity contribution in [3.63, 3.8) is 0 Å². The SMILES string of the molecule is CCCNC(=O)N1CCC(CC)CC1. The lowest BCUT2D eigenvalue weighted by atomic mass is 9.95. The fourth-order valence-electron chi connectivity index (χ4n) is 1.89. The van der Waals surface area contributed by atoms with Crippen LogP contribution in [0.25, 0.3) is 0 Å². The lowest BCUT2D eigenvalue weighted by Gasteiger charge is -2.31. The number of nitrogens with zero attached hydrogens (tertiary/aromatic N) is 1. The Kier molecular flexibility index (Phi) is 4.77. The van der Waals surface area contributed by atoms with Gasteiger partial charge in [0.2, 0.25) is 0 Å². The molecule has 3 nitrogen and oxygen atoms in total. The second-order valence-electron chi connectivity index (χ2n) is 4.07. The number of carbonyl (C=O) groups is 1. The second-order valence-corrected chi connectivity index (χ2v) is 4.07. The molecule has 82 valence electrons. The van der Waals surface area contributed by atoms with Crippen molar-refractivity contribution in [2.45, 2.75) is 39.5 Å². The molecule has 0 bridgehead atoms. The van der Waals surface area contributed by atoms with Crippen LogP contribution in [0.3, 0.4) is 0 Å². The molecule has 0 spiro atoms. The van der Waals surface area contributed by atoms with Crippen LogP contribution in [-0.2, 0) is 0 Å². The lowest BCUT2D eigenvalue weighted by Crippen LogP contribution is -2.44. The van der Waals surface area contributed by atoms with Gasteiger partial charge in [0, 0.05) is 19.6 Å². The highest BCUT2D eigenvalue weighted by Gasteiger charge is 2.20. The second kappa shape index (κ2) is 5.89. The van der Waals surface area contributed by atoms with Crippen LogP contribution in [-0.4, -0.2) is 30.6 Å². The molecule has 1 aliphatic rings. The summed E-state index contributed by atoms with van der Waals surface area (Å²) in [4.78, 5) is 13.5. The molecule has 14 heavy (non-hydrogen) atoms. The summed E-state index contributed by atoms with van der Waals surface area (Å²) in [7, 11) is 0. The average molecular weight is 198 g/mol. The molecule has 0 aromatic heterocycles. The van der Waals surface area contributed by atoms with Gasteiger partial charge in [0.1, 0.15) is 0 Å². The normalized spacial score (nSPS) is 18.3. The summed E-state index contributed by atoms with van der Waals surface area (Å²) < 4.78 is 0. The van der Waals surface area contributed by atoms with Crippen molar-refractivity contribution >= 4 is 6.03 Å². The van der Waals surface area contributed by atoms with E-state index in [1.54, 1.807) is 0 Å². The topological polar surface area (TPSA) is 32.3 Å². The zero-order chi connectivity index (χ0) is 10.4. The van der Waals surface area contributed by atoms with Crippen LogP contribution < -0.4 is 5.32 Å². The van der Waals surface area contributed by atoms with Crippen LogP contribution in [0.2, 0.25) is 0 Å². The van der Waals surface area contributed by atoms with E-state index >= 15 is 0 Å². The van der Waals surface area contributed by atoms with E-state index in [4.69, 9.17) is 0 Å². The quantitative estimate of drug-likeness (QED) is 0.741. The van der Waals surface area contributed by atoms with Gasteiger partial charge in [-0.25, -0.2) is 4.79 Å². The summed E-state index contributed by atoms with van der Waals surface area (Å²) >= 11 is 0. The largest absolute Gasteiger partial charge is 0.338 e. The third-order valence-electron chi connectivity index (χ3n) is 3.01. The van der Waals surface area contributed by atoms with Gasteiger partial charge < -0.3 is 10.2 Å². The number of hydrogen-bond acceptors (Lipinski definition) is 1. The molecule has 0 aromatic rings. The zero-order valence-electron chi connectivity index (χ0n) is 9.38. The molecule has 0 radical (unpaired) electrons. The van der Waals surface area contributed by atoms with Crippen molar-refractivity contribution < 1.29 is 4.79 Å². The number of carbonyl (C=O) groups excluding carboxylic acids is 1. The molecule has 0 atom stereocenters. The van der Waals surface area contributed by atoms with Crippen LogP contribution in [0, 0.1) is 5.92 Å². The fourth-order valence-corrected chi connectivity index (χ4v) is 1.89. The highest BCUT2D eigenvalue weighted by Crippen LogP contribution is 2.19. The average Bonchev–Trinajstić information content (AvgIpc) is 2.26. The van der Waals surface area contributed by atoms with Crippen molar-refractivity contribution in [1.29, 1.82) is 0 Å². The lowest BCUT2D eigenvalue weighted by molar-refractivity contribution is 0.169. The summed E-state index contributed by atoms with van der Waals surface area (Å²) in [6.07, 6.45) is 4.62. The Hall–Kier alpha value is -0.730. The summed E-state index contributed by atoms with van der Waals surface area (Å²) in [5.74, 6) is 0.838. The van der Waals surface area contributed by atoms with Crippen LogP contribution in [0.5, 0.6) is 0 Å². The number of likely N-dealkylation sites (tertiary alicyclic amines) is 1. The van der Waals surface area contributed by atoms with Crippen molar-refractivity contribution in [1.82, 2.24) is 10.2 Å². The molecular weight excluding hydrogens is 176 g/mol. The summed E-state index contributed by atoms with van der Waals surface area (Å²) in [5.41, 5.74) is 0. The van der Waals surface area contributed by atoms with Crippen molar-refractivity contribution in [2.24, 2.45) is 5.92 Å². The van der Waals surface area contributed by atoms with Crippen LogP contribution in [0.15, 0.2) is 0 Å². The van der Waals surface area contributed by atoms with E-state index < -0.39 is 0 Å². The first-order valence-corrected chi connectivity index (χ1v) is 5.80. The van der Waals surface area contributed by atoms with E-state index in [0.717, 1.165) is 32.0 Å². The molecule has 1 rings (SSSR count). The molecular formula is C11H22N2O. The summed E-state index contributed by atoms with van der Waals surface area (Å²) in [6, 6.07) is 0.126. The van der Waals surface area contributed by atoms with E-state index in [0.29, 0.717) is 0 Å². The third-order valence-corrected chi connectivity index (χ3v) is 3.01. The maximum Gasteiger partial charge on any atom is 0.317 e. The molecule has 0 aromatic carbocycles. The zero-order valence-corrected chi connectivity index (χ0v) is 9.38. The predicted octanol–water partition coefficient (Wildman–Crippen LogP) is 2.23. The third kappa shape index (κ3) is 3.20. The number of rotatable bonds is 3. The van der Waals surface area contributed by atoms with E-state index in [9.17, 15) is 4.79 Å². The molecule has 0 unspecified atom stereocenters. The molecule has 1 saturated heterocycles. The Morgan fingerprint density at radius 1 is 1.36 bits per heavy atom. The minimum absolute atomic E-state index is 0.126. The number of hydrogen-bond donors (Lipinski definition) is 1. The van der Waals surface area contributed by atoms with Gasteiger partial charge in [0.15, 0.2) is 0 Å².